The van der Waals surface area contributed by atoms with E-state index in [4.69, 9.17) is 23.2 Å². The van der Waals surface area contributed by atoms with Crippen LogP contribution in [-0.4, -0.2) is 12.9 Å². The van der Waals surface area contributed by atoms with Crippen LogP contribution >= 0.6 is 23.2 Å². The summed E-state index contributed by atoms with van der Waals surface area (Å²) in [5.74, 6) is 16.0. The van der Waals surface area contributed by atoms with Gasteiger partial charge >= 0.3 is 0 Å². The highest BCUT2D eigenvalue weighted by Gasteiger charge is 2.27. The van der Waals surface area contributed by atoms with Crippen LogP contribution in [0.1, 0.15) is 12.5 Å². The molecule has 10 heteroatoms. The average Bonchev–Trinajstić information content (AvgIpc) is 2.32. The zero-order valence-corrected chi connectivity index (χ0v) is 12.8. The highest BCUT2D eigenvalue weighted by atomic mass is 35.5. The van der Waals surface area contributed by atoms with Gasteiger partial charge in [-0.1, -0.05) is 40.9 Å². The Hall–Kier alpha value is -0.450. The van der Waals surface area contributed by atoms with Gasteiger partial charge in [0.1, 0.15) is 0 Å². The molecule has 0 aliphatic heterocycles. The molecule has 1 aromatic carbocycles. The van der Waals surface area contributed by atoms with Crippen molar-refractivity contribution < 1.29 is 12.6 Å². The third-order valence-electron chi connectivity index (χ3n) is 1.57. The highest BCUT2D eigenvalue weighted by molar-refractivity contribution is 7.86. The van der Waals surface area contributed by atoms with Crippen molar-refractivity contribution in [2.75, 3.05) is 0 Å². The topological polar surface area (TPSA) is 147 Å². The molecule has 8 N–H and O–H groups in total. The van der Waals surface area contributed by atoms with E-state index in [0.29, 0.717) is 0 Å². The number of nitrogens with two attached hydrogens (primary N) is 4. The molecule has 1 rings (SSSR count). The second kappa shape index (κ2) is 9.45. The fraction of sp³-hybridized carbons (Fsp3) is 0.333. The summed E-state index contributed by atoms with van der Waals surface area (Å²) in [5, 5.41) is 0. The zero-order chi connectivity index (χ0) is 15.7. The molecule has 0 aliphatic carbocycles. The van der Waals surface area contributed by atoms with Gasteiger partial charge in [-0.05, 0) is 26.0 Å². The van der Waals surface area contributed by atoms with Crippen LogP contribution in [0.2, 0.25) is 0 Å². The standard InChI is InChI=1S/C9H10Cl2O3S.2H4N2/c1-7-3-5-8(6-4-7)15(12,13)14-9(2,10)11;2*1-2/h3-6H,1-2H3;2*1-2H2. The molecule has 0 heterocycles. The Balaban J connectivity index is 0. The summed E-state index contributed by atoms with van der Waals surface area (Å²) < 4.78 is 25.9. The first-order chi connectivity index (χ1) is 8.71. The molecule has 112 valence electrons. The van der Waals surface area contributed by atoms with E-state index in [-0.39, 0.29) is 4.90 Å². The summed E-state index contributed by atoms with van der Waals surface area (Å²) in [6, 6.07) is 6.19. The number of aryl methyl sites for hydroxylation is 1. The first-order valence-corrected chi connectivity index (χ1v) is 6.94. The van der Waals surface area contributed by atoms with E-state index < -0.39 is 14.6 Å². The van der Waals surface area contributed by atoms with Crippen molar-refractivity contribution in [2.45, 2.75) is 23.3 Å². The fourth-order valence-corrected chi connectivity index (χ4v) is 2.39. The van der Waals surface area contributed by atoms with Crippen molar-refractivity contribution in [1.29, 1.82) is 0 Å². The normalized spacial score (nSPS) is 10.7. The molecular weight excluding hydrogens is 315 g/mol. The first kappa shape index (κ1) is 20.9. The number of halogens is 2. The van der Waals surface area contributed by atoms with Crippen molar-refractivity contribution >= 4 is 33.3 Å². The maximum atomic E-state index is 11.6. The minimum atomic E-state index is -3.90. The van der Waals surface area contributed by atoms with Crippen LogP contribution in [-0.2, 0) is 14.3 Å². The minimum Gasteiger partial charge on any atom is -0.274 e. The third-order valence-corrected chi connectivity index (χ3v) is 3.31. The van der Waals surface area contributed by atoms with E-state index in [1.165, 1.54) is 19.1 Å². The van der Waals surface area contributed by atoms with Gasteiger partial charge < -0.3 is 0 Å². The number of hydrazine groups is 2. The van der Waals surface area contributed by atoms with Gasteiger partial charge in [-0.2, -0.15) is 8.42 Å². The minimum absolute atomic E-state index is 0.0284. The SMILES string of the molecule is Cc1ccc(S(=O)(=O)OC(C)(Cl)Cl)cc1.NN.NN. The Bertz CT molecular complexity index is 446. The zero-order valence-electron chi connectivity index (χ0n) is 10.5. The quantitative estimate of drug-likeness (QED) is 0.272. The van der Waals surface area contributed by atoms with Crippen LogP contribution in [0, 0.1) is 6.92 Å². The predicted octanol–water partition coefficient (Wildman–Crippen LogP) is 0.489. The Morgan fingerprint density at radius 1 is 1.05 bits per heavy atom. The van der Waals surface area contributed by atoms with Gasteiger partial charge in [-0.3, -0.25) is 23.4 Å². The second-order valence-electron chi connectivity index (χ2n) is 3.16. The molecule has 0 atom stereocenters. The molecule has 0 bridgehead atoms. The average molecular weight is 333 g/mol. The van der Waals surface area contributed by atoms with E-state index in [0.717, 1.165) is 5.56 Å². The summed E-state index contributed by atoms with van der Waals surface area (Å²) in [5.41, 5.74) is 0.952. The summed E-state index contributed by atoms with van der Waals surface area (Å²) in [6.07, 6.45) is 0. The molecule has 0 saturated heterocycles. The van der Waals surface area contributed by atoms with Crippen LogP contribution in [0.15, 0.2) is 29.2 Å². The van der Waals surface area contributed by atoms with Gasteiger partial charge in [0.15, 0.2) is 0 Å². The number of hydrogen-bond donors (Lipinski definition) is 4. The lowest BCUT2D eigenvalue weighted by Gasteiger charge is -2.14. The Morgan fingerprint density at radius 2 is 1.42 bits per heavy atom. The lowest BCUT2D eigenvalue weighted by atomic mass is 10.2. The van der Waals surface area contributed by atoms with Crippen LogP contribution in [0.25, 0.3) is 0 Å². The summed E-state index contributed by atoms with van der Waals surface area (Å²) >= 11 is 10.9. The van der Waals surface area contributed by atoms with Crippen molar-refractivity contribution in [3.63, 3.8) is 0 Å². The molecule has 0 saturated carbocycles. The molecule has 0 aromatic heterocycles. The summed E-state index contributed by atoms with van der Waals surface area (Å²) in [7, 11) is -3.90. The van der Waals surface area contributed by atoms with Gasteiger partial charge in [0.25, 0.3) is 10.1 Å². The monoisotopic (exact) mass is 332 g/mol. The van der Waals surface area contributed by atoms with Gasteiger partial charge in [0.05, 0.1) is 4.90 Å². The van der Waals surface area contributed by atoms with E-state index >= 15 is 0 Å². The van der Waals surface area contributed by atoms with Gasteiger partial charge in [-0.25, -0.2) is 4.18 Å². The van der Waals surface area contributed by atoms with Gasteiger partial charge in [0.2, 0.25) is 4.52 Å². The molecule has 0 spiro atoms. The lowest BCUT2D eigenvalue weighted by molar-refractivity contribution is 0.268. The van der Waals surface area contributed by atoms with Gasteiger partial charge in [0, 0.05) is 0 Å². The second-order valence-corrected chi connectivity index (χ2v) is 6.34. The lowest BCUT2D eigenvalue weighted by Crippen LogP contribution is -2.18. The Labute approximate surface area is 122 Å². The maximum Gasteiger partial charge on any atom is 0.299 e. The van der Waals surface area contributed by atoms with Crippen molar-refractivity contribution in [1.82, 2.24) is 0 Å². The fourth-order valence-electron chi connectivity index (χ4n) is 0.946. The molecule has 0 radical (unpaired) electrons. The molecular formula is C9H18Cl2N4O3S. The van der Waals surface area contributed by atoms with Crippen LogP contribution in [0.4, 0.5) is 0 Å². The van der Waals surface area contributed by atoms with Gasteiger partial charge in [-0.15, -0.1) is 0 Å². The third kappa shape index (κ3) is 9.14. The summed E-state index contributed by atoms with van der Waals surface area (Å²) in [4.78, 5) is 0.0284. The number of hydrogen-bond acceptors (Lipinski definition) is 7. The first-order valence-electron chi connectivity index (χ1n) is 4.77. The molecule has 0 unspecified atom stereocenters. The molecule has 0 aliphatic rings. The maximum absolute atomic E-state index is 11.6. The molecule has 7 nitrogen and oxygen atoms in total. The van der Waals surface area contributed by atoms with E-state index in [2.05, 4.69) is 27.6 Å². The van der Waals surface area contributed by atoms with Crippen LogP contribution in [0.5, 0.6) is 0 Å². The number of alkyl halides is 2. The number of rotatable bonds is 3. The van der Waals surface area contributed by atoms with Crippen LogP contribution < -0.4 is 23.4 Å². The number of benzene rings is 1. The van der Waals surface area contributed by atoms with Crippen molar-refractivity contribution in [3.8, 4) is 0 Å². The Morgan fingerprint density at radius 3 is 1.74 bits per heavy atom. The smallest absolute Gasteiger partial charge is 0.274 e. The van der Waals surface area contributed by atoms with Crippen LogP contribution in [0.3, 0.4) is 0 Å². The predicted molar refractivity (Wildman–Crippen MR) is 76.3 cm³/mol. The molecule has 1 aromatic rings. The molecule has 0 amide bonds. The van der Waals surface area contributed by atoms with E-state index in [1.807, 2.05) is 6.92 Å². The van der Waals surface area contributed by atoms with E-state index in [1.54, 1.807) is 12.1 Å². The van der Waals surface area contributed by atoms with Crippen molar-refractivity contribution in [3.05, 3.63) is 29.8 Å². The molecule has 0 fully saturated rings. The van der Waals surface area contributed by atoms with Crippen molar-refractivity contribution in [2.24, 2.45) is 23.4 Å². The molecule has 19 heavy (non-hydrogen) atoms. The Kier molecular flexibility index (Phi) is 10.4. The summed E-state index contributed by atoms with van der Waals surface area (Å²) in [6.45, 7) is 3.09. The highest BCUT2D eigenvalue weighted by Crippen LogP contribution is 2.27. The van der Waals surface area contributed by atoms with E-state index in [9.17, 15) is 8.42 Å². The largest absolute Gasteiger partial charge is 0.299 e.